The van der Waals surface area contributed by atoms with E-state index in [1.54, 1.807) is 0 Å². The van der Waals surface area contributed by atoms with Crippen LogP contribution in [-0.4, -0.2) is 16.2 Å². The number of pyridine rings is 1. The Morgan fingerprint density at radius 2 is 2.25 bits per heavy atom. The standard InChI is InChI=1S/C10H13NO/c1-7-2-3-8(6-11-7)9-4-5-10(9)12/h2-3,6,9-10,12H,4-5H2,1H3. The third-order valence-corrected chi connectivity index (χ3v) is 2.60. The molecule has 64 valence electrons. The average molecular weight is 163 g/mol. The van der Waals surface area contributed by atoms with Crippen LogP contribution in [0.5, 0.6) is 0 Å². The Labute approximate surface area is 72.3 Å². The fraction of sp³-hybridized carbons (Fsp3) is 0.500. The lowest BCUT2D eigenvalue weighted by molar-refractivity contribution is 0.0660. The minimum Gasteiger partial charge on any atom is -0.392 e. The number of nitrogens with zero attached hydrogens (tertiary/aromatic N) is 1. The van der Waals surface area contributed by atoms with Gasteiger partial charge in [0.1, 0.15) is 0 Å². The van der Waals surface area contributed by atoms with Gasteiger partial charge in [0.2, 0.25) is 0 Å². The minimum absolute atomic E-state index is 0.130. The summed E-state index contributed by atoms with van der Waals surface area (Å²) in [6.45, 7) is 1.97. The maximum Gasteiger partial charge on any atom is 0.0609 e. The summed E-state index contributed by atoms with van der Waals surface area (Å²) in [5, 5.41) is 9.40. The smallest absolute Gasteiger partial charge is 0.0609 e. The molecule has 2 heteroatoms. The molecular weight excluding hydrogens is 150 g/mol. The second kappa shape index (κ2) is 2.87. The summed E-state index contributed by atoms with van der Waals surface area (Å²) in [5.41, 5.74) is 2.21. The molecule has 1 fully saturated rings. The highest BCUT2D eigenvalue weighted by Gasteiger charge is 2.30. The predicted molar refractivity (Wildman–Crippen MR) is 47.0 cm³/mol. The lowest BCUT2D eigenvalue weighted by atomic mass is 9.78. The van der Waals surface area contributed by atoms with E-state index < -0.39 is 0 Å². The molecule has 12 heavy (non-hydrogen) atoms. The lowest BCUT2D eigenvalue weighted by Gasteiger charge is -2.32. The van der Waals surface area contributed by atoms with Crippen molar-refractivity contribution in [3.8, 4) is 0 Å². The first-order valence-corrected chi connectivity index (χ1v) is 4.38. The number of aliphatic hydroxyl groups excluding tert-OH is 1. The molecule has 1 aromatic rings. The molecule has 1 aliphatic rings. The molecule has 1 N–H and O–H groups in total. The number of aliphatic hydroxyl groups is 1. The van der Waals surface area contributed by atoms with Crippen molar-refractivity contribution in [2.45, 2.75) is 31.8 Å². The van der Waals surface area contributed by atoms with Crippen molar-refractivity contribution in [1.29, 1.82) is 0 Å². The first-order chi connectivity index (χ1) is 5.77. The van der Waals surface area contributed by atoms with Crippen LogP contribution in [0.25, 0.3) is 0 Å². The van der Waals surface area contributed by atoms with Crippen molar-refractivity contribution in [2.24, 2.45) is 0 Å². The van der Waals surface area contributed by atoms with Crippen molar-refractivity contribution in [2.75, 3.05) is 0 Å². The quantitative estimate of drug-likeness (QED) is 0.682. The summed E-state index contributed by atoms with van der Waals surface area (Å²) < 4.78 is 0. The SMILES string of the molecule is Cc1ccc(C2CCC2O)cn1. The monoisotopic (exact) mass is 163 g/mol. The van der Waals surface area contributed by atoms with E-state index in [1.807, 2.05) is 19.2 Å². The summed E-state index contributed by atoms with van der Waals surface area (Å²) in [5.74, 6) is 0.345. The summed E-state index contributed by atoms with van der Waals surface area (Å²) in [6, 6.07) is 4.07. The molecule has 0 aliphatic heterocycles. The molecule has 0 radical (unpaired) electrons. The fourth-order valence-electron chi connectivity index (χ4n) is 1.57. The number of hydrogen-bond acceptors (Lipinski definition) is 2. The van der Waals surface area contributed by atoms with Crippen LogP contribution in [0.4, 0.5) is 0 Å². The Morgan fingerprint density at radius 3 is 2.67 bits per heavy atom. The summed E-state index contributed by atoms with van der Waals surface area (Å²) in [7, 11) is 0. The molecule has 0 aromatic carbocycles. The van der Waals surface area contributed by atoms with Gasteiger partial charge in [0, 0.05) is 17.8 Å². The Hall–Kier alpha value is -0.890. The minimum atomic E-state index is -0.130. The van der Waals surface area contributed by atoms with Crippen LogP contribution in [0.3, 0.4) is 0 Å². The van der Waals surface area contributed by atoms with E-state index in [9.17, 15) is 5.11 Å². The zero-order chi connectivity index (χ0) is 8.55. The van der Waals surface area contributed by atoms with Crippen LogP contribution in [0, 0.1) is 6.92 Å². The third kappa shape index (κ3) is 1.23. The van der Waals surface area contributed by atoms with Crippen LogP contribution in [0.15, 0.2) is 18.3 Å². The van der Waals surface area contributed by atoms with Gasteiger partial charge in [0.15, 0.2) is 0 Å². The van der Waals surface area contributed by atoms with E-state index in [2.05, 4.69) is 11.1 Å². The van der Waals surface area contributed by atoms with Gasteiger partial charge in [-0.05, 0) is 31.4 Å². The number of hydrogen-bond donors (Lipinski definition) is 1. The van der Waals surface area contributed by atoms with Gasteiger partial charge in [-0.1, -0.05) is 6.07 Å². The molecule has 2 nitrogen and oxygen atoms in total. The Morgan fingerprint density at radius 1 is 1.42 bits per heavy atom. The van der Waals surface area contributed by atoms with Gasteiger partial charge >= 0.3 is 0 Å². The third-order valence-electron chi connectivity index (χ3n) is 2.60. The van der Waals surface area contributed by atoms with Gasteiger partial charge in [-0.25, -0.2) is 0 Å². The molecule has 0 saturated heterocycles. The molecule has 0 bridgehead atoms. The van der Waals surface area contributed by atoms with Gasteiger partial charge in [0.25, 0.3) is 0 Å². The molecule has 0 amide bonds. The van der Waals surface area contributed by atoms with Crippen LogP contribution in [-0.2, 0) is 0 Å². The zero-order valence-electron chi connectivity index (χ0n) is 7.20. The first kappa shape index (κ1) is 7.74. The highest BCUT2D eigenvalue weighted by molar-refractivity contribution is 5.21. The van der Waals surface area contributed by atoms with Gasteiger partial charge < -0.3 is 5.11 Å². The van der Waals surface area contributed by atoms with Crippen molar-refractivity contribution < 1.29 is 5.11 Å². The second-order valence-corrected chi connectivity index (χ2v) is 3.48. The molecule has 1 saturated carbocycles. The second-order valence-electron chi connectivity index (χ2n) is 3.48. The Balaban J connectivity index is 2.18. The Bertz CT molecular complexity index is 268. The molecule has 1 aromatic heterocycles. The van der Waals surface area contributed by atoms with Crippen LogP contribution in [0.1, 0.15) is 30.0 Å². The Kier molecular flexibility index (Phi) is 1.85. The fourth-order valence-corrected chi connectivity index (χ4v) is 1.57. The lowest BCUT2D eigenvalue weighted by Crippen LogP contribution is -2.28. The maximum atomic E-state index is 9.40. The van der Waals surface area contributed by atoms with Crippen LogP contribution >= 0.6 is 0 Å². The molecule has 2 atom stereocenters. The van der Waals surface area contributed by atoms with E-state index in [-0.39, 0.29) is 6.10 Å². The molecule has 1 heterocycles. The van der Waals surface area contributed by atoms with Gasteiger partial charge in [-0.3, -0.25) is 4.98 Å². The highest BCUT2D eigenvalue weighted by atomic mass is 16.3. The summed E-state index contributed by atoms with van der Waals surface area (Å²) in [6.07, 6.45) is 3.79. The van der Waals surface area contributed by atoms with E-state index in [1.165, 1.54) is 5.56 Å². The van der Waals surface area contributed by atoms with Crippen molar-refractivity contribution >= 4 is 0 Å². The number of aromatic nitrogens is 1. The number of aryl methyl sites for hydroxylation is 1. The number of rotatable bonds is 1. The van der Waals surface area contributed by atoms with Crippen molar-refractivity contribution in [3.05, 3.63) is 29.6 Å². The highest BCUT2D eigenvalue weighted by Crippen LogP contribution is 2.36. The van der Waals surface area contributed by atoms with Crippen molar-refractivity contribution in [3.63, 3.8) is 0 Å². The van der Waals surface area contributed by atoms with Crippen LogP contribution in [0.2, 0.25) is 0 Å². The average Bonchev–Trinajstić information content (AvgIpc) is 2.06. The first-order valence-electron chi connectivity index (χ1n) is 4.38. The van der Waals surface area contributed by atoms with Gasteiger partial charge in [-0.2, -0.15) is 0 Å². The predicted octanol–water partition coefficient (Wildman–Crippen LogP) is 1.63. The largest absolute Gasteiger partial charge is 0.392 e. The van der Waals surface area contributed by atoms with Gasteiger partial charge in [0.05, 0.1) is 6.10 Å². The molecular formula is C10H13NO. The molecule has 2 unspecified atom stereocenters. The van der Waals surface area contributed by atoms with E-state index in [4.69, 9.17) is 0 Å². The summed E-state index contributed by atoms with van der Waals surface area (Å²) in [4.78, 5) is 4.21. The molecule has 2 rings (SSSR count). The van der Waals surface area contributed by atoms with Gasteiger partial charge in [-0.15, -0.1) is 0 Å². The summed E-state index contributed by atoms with van der Waals surface area (Å²) >= 11 is 0. The van der Waals surface area contributed by atoms with Crippen LogP contribution < -0.4 is 0 Å². The topological polar surface area (TPSA) is 33.1 Å². The van der Waals surface area contributed by atoms with E-state index in [0.29, 0.717) is 5.92 Å². The van der Waals surface area contributed by atoms with E-state index >= 15 is 0 Å². The molecule has 1 aliphatic carbocycles. The molecule has 0 spiro atoms. The van der Waals surface area contributed by atoms with E-state index in [0.717, 1.165) is 18.5 Å². The normalized spacial score (nSPS) is 28.2. The maximum absolute atomic E-state index is 9.40. The van der Waals surface area contributed by atoms with Crippen molar-refractivity contribution in [1.82, 2.24) is 4.98 Å². The zero-order valence-corrected chi connectivity index (χ0v) is 7.20.